The molecule has 0 fully saturated rings. The molecule has 2 N–H and O–H groups in total. The zero-order valence-electron chi connectivity index (χ0n) is 11.2. The molecule has 0 aromatic heterocycles. The highest BCUT2D eigenvalue weighted by molar-refractivity contribution is 6.32. The van der Waals surface area contributed by atoms with Crippen LogP contribution in [0.25, 0.3) is 0 Å². The summed E-state index contributed by atoms with van der Waals surface area (Å²) in [7, 11) is 1.72. The first-order chi connectivity index (χ1) is 9.08. The average Bonchev–Trinajstić information content (AvgIpc) is 2.40. The van der Waals surface area contributed by atoms with Gasteiger partial charge in [-0.3, -0.25) is 0 Å². The van der Waals surface area contributed by atoms with Crippen molar-refractivity contribution in [3.63, 3.8) is 0 Å². The fourth-order valence-corrected chi connectivity index (χ4v) is 1.89. The molecular weight excluding hydrogens is 240 g/mol. The van der Waals surface area contributed by atoms with Crippen LogP contribution in [0.3, 0.4) is 0 Å². The number of rotatable bonds is 4. The molecule has 0 heterocycles. The van der Waals surface area contributed by atoms with Crippen LogP contribution in [0.4, 0.5) is 4.39 Å². The van der Waals surface area contributed by atoms with E-state index in [2.05, 4.69) is 0 Å². The summed E-state index contributed by atoms with van der Waals surface area (Å²) >= 11 is 0. The van der Waals surface area contributed by atoms with E-state index in [9.17, 15) is 4.39 Å². The van der Waals surface area contributed by atoms with Crippen molar-refractivity contribution in [3.8, 4) is 5.75 Å². The molecule has 0 aliphatic rings. The molecule has 2 aromatic carbocycles. The first kappa shape index (κ1) is 13.6. The highest BCUT2D eigenvalue weighted by Gasteiger charge is 2.12. The minimum Gasteiger partial charge on any atom is -0.489 e. The number of halogens is 1. The minimum absolute atomic E-state index is 0.251. The molecular formula is C15H17BFNO. The van der Waals surface area contributed by atoms with Crippen molar-refractivity contribution in [2.24, 2.45) is 5.73 Å². The van der Waals surface area contributed by atoms with Crippen molar-refractivity contribution in [3.05, 3.63) is 59.4 Å². The zero-order chi connectivity index (χ0) is 13.8. The van der Waals surface area contributed by atoms with E-state index in [0.29, 0.717) is 23.4 Å². The second-order valence-corrected chi connectivity index (χ2v) is 4.70. The maximum absolute atomic E-state index is 13.6. The molecule has 2 rings (SSSR count). The molecule has 19 heavy (non-hydrogen) atoms. The van der Waals surface area contributed by atoms with Crippen molar-refractivity contribution in [2.75, 3.05) is 0 Å². The van der Waals surface area contributed by atoms with Crippen molar-refractivity contribution in [1.29, 1.82) is 0 Å². The first-order valence-corrected chi connectivity index (χ1v) is 6.30. The van der Waals surface area contributed by atoms with Crippen LogP contribution in [0.1, 0.15) is 24.1 Å². The Morgan fingerprint density at radius 1 is 1.26 bits per heavy atom. The first-order valence-electron chi connectivity index (χ1n) is 6.30. The van der Waals surface area contributed by atoms with E-state index >= 15 is 0 Å². The molecule has 98 valence electrons. The lowest BCUT2D eigenvalue weighted by atomic mass is 9.92. The van der Waals surface area contributed by atoms with Gasteiger partial charge in [0.15, 0.2) is 0 Å². The normalized spacial score (nSPS) is 12.2. The van der Waals surface area contributed by atoms with Gasteiger partial charge in [0, 0.05) is 11.6 Å². The monoisotopic (exact) mass is 257 g/mol. The summed E-state index contributed by atoms with van der Waals surface area (Å²) in [6.07, 6.45) is 0. The molecule has 0 radical (unpaired) electrons. The second kappa shape index (κ2) is 5.89. The van der Waals surface area contributed by atoms with E-state index in [1.807, 2.05) is 37.3 Å². The summed E-state index contributed by atoms with van der Waals surface area (Å²) in [5.41, 5.74) is 8.18. The Kier molecular flexibility index (Phi) is 4.22. The summed E-state index contributed by atoms with van der Waals surface area (Å²) in [6, 6.07) is 12.8. The highest BCUT2D eigenvalue weighted by Crippen LogP contribution is 2.24. The molecule has 4 heteroatoms. The van der Waals surface area contributed by atoms with Gasteiger partial charge < -0.3 is 10.5 Å². The lowest BCUT2D eigenvalue weighted by molar-refractivity contribution is 0.301. The summed E-state index contributed by atoms with van der Waals surface area (Å²) in [5, 5.41) is 0. The van der Waals surface area contributed by atoms with Crippen LogP contribution in [0, 0.1) is 5.82 Å². The molecule has 2 aromatic rings. The fraction of sp³-hybridized carbons (Fsp3) is 0.200. The maximum atomic E-state index is 13.6. The van der Waals surface area contributed by atoms with Crippen LogP contribution in [-0.4, -0.2) is 7.85 Å². The van der Waals surface area contributed by atoms with Crippen LogP contribution < -0.4 is 15.9 Å². The number of ether oxygens (including phenoxy) is 1. The molecule has 0 aliphatic carbocycles. The minimum atomic E-state index is -0.263. The highest BCUT2D eigenvalue weighted by atomic mass is 19.1. The van der Waals surface area contributed by atoms with E-state index in [-0.39, 0.29) is 11.9 Å². The Bertz CT molecular complexity index is 558. The fourth-order valence-electron chi connectivity index (χ4n) is 1.89. The standard InChI is InChI=1S/C15H17BFNO/c1-10(18)12-7-14(17)13(16)8-15(12)19-9-11-5-3-2-4-6-11/h2-8,10H,9,16,18H2,1H3. The van der Waals surface area contributed by atoms with Gasteiger partial charge >= 0.3 is 0 Å². The van der Waals surface area contributed by atoms with Crippen molar-refractivity contribution in [1.82, 2.24) is 0 Å². The Labute approximate surface area is 113 Å². The third kappa shape index (κ3) is 3.35. The van der Waals surface area contributed by atoms with E-state index in [0.717, 1.165) is 5.56 Å². The van der Waals surface area contributed by atoms with Crippen LogP contribution in [-0.2, 0) is 6.61 Å². The molecule has 0 spiro atoms. The van der Waals surface area contributed by atoms with E-state index in [1.54, 1.807) is 13.9 Å². The topological polar surface area (TPSA) is 35.2 Å². The van der Waals surface area contributed by atoms with Crippen LogP contribution >= 0.6 is 0 Å². The van der Waals surface area contributed by atoms with Gasteiger partial charge in [-0.2, -0.15) is 0 Å². The summed E-state index contributed by atoms with van der Waals surface area (Å²) in [4.78, 5) is 0. The van der Waals surface area contributed by atoms with Gasteiger partial charge in [-0.1, -0.05) is 35.8 Å². The number of hydrogen-bond donors (Lipinski definition) is 1. The molecule has 0 bridgehead atoms. The number of benzene rings is 2. The molecule has 0 saturated heterocycles. The lowest BCUT2D eigenvalue weighted by Gasteiger charge is -2.15. The zero-order valence-corrected chi connectivity index (χ0v) is 11.2. The van der Waals surface area contributed by atoms with Gasteiger partial charge in [0.1, 0.15) is 26.0 Å². The van der Waals surface area contributed by atoms with Crippen LogP contribution in [0.5, 0.6) is 5.75 Å². The Morgan fingerprint density at radius 3 is 2.58 bits per heavy atom. The van der Waals surface area contributed by atoms with Crippen molar-refractivity contribution < 1.29 is 9.13 Å². The lowest BCUT2D eigenvalue weighted by Crippen LogP contribution is -2.15. The summed E-state index contributed by atoms with van der Waals surface area (Å²) < 4.78 is 19.3. The maximum Gasteiger partial charge on any atom is 0.143 e. The van der Waals surface area contributed by atoms with Gasteiger partial charge in [-0.25, -0.2) is 4.39 Å². The summed E-state index contributed by atoms with van der Waals surface area (Å²) in [5.74, 6) is 0.400. The largest absolute Gasteiger partial charge is 0.489 e. The predicted molar refractivity (Wildman–Crippen MR) is 78.0 cm³/mol. The average molecular weight is 257 g/mol. The van der Waals surface area contributed by atoms with Crippen molar-refractivity contribution in [2.45, 2.75) is 19.6 Å². The molecule has 0 aliphatic heterocycles. The molecule has 0 saturated carbocycles. The Balaban J connectivity index is 2.22. The van der Waals surface area contributed by atoms with Gasteiger partial charge in [0.2, 0.25) is 0 Å². The summed E-state index contributed by atoms with van der Waals surface area (Å²) in [6.45, 7) is 2.27. The van der Waals surface area contributed by atoms with Gasteiger partial charge in [0.25, 0.3) is 0 Å². The van der Waals surface area contributed by atoms with Gasteiger partial charge in [-0.15, -0.1) is 0 Å². The van der Waals surface area contributed by atoms with Crippen molar-refractivity contribution >= 4 is 13.3 Å². The van der Waals surface area contributed by atoms with Crippen LogP contribution in [0.15, 0.2) is 42.5 Å². The Morgan fingerprint density at radius 2 is 1.95 bits per heavy atom. The number of nitrogens with two attached hydrogens (primary N) is 1. The smallest absolute Gasteiger partial charge is 0.143 e. The Hall–Kier alpha value is -1.81. The van der Waals surface area contributed by atoms with E-state index < -0.39 is 0 Å². The molecule has 1 atom stereocenters. The quantitative estimate of drug-likeness (QED) is 0.846. The van der Waals surface area contributed by atoms with E-state index in [1.165, 1.54) is 6.07 Å². The molecule has 0 amide bonds. The third-order valence-corrected chi connectivity index (χ3v) is 3.02. The molecule has 1 unspecified atom stereocenters. The van der Waals surface area contributed by atoms with Gasteiger partial charge in [0.05, 0.1) is 0 Å². The predicted octanol–water partition coefficient (Wildman–Crippen LogP) is 1.68. The third-order valence-electron chi connectivity index (χ3n) is 3.02. The number of hydrogen-bond acceptors (Lipinski definition) is 2. The molecule has 2 nitrogen and oxygen atoms in total. The SMILES string of the molecule is Bc1cc(OCc2ccccc2)c(C(C)N)cc1F. The second-order valence-electron chi connectivity index (χ2n) is 4.70. The van der Waals surface area contributed by atoms with Crippen LogP contribution in [0.2, 0.25) is 0 Å². The van der Waals surface area contributed by atoms with Gasteiger partial charge in [-0.05, 0) is 24.6 Å². The van der Waals surface area contributed by atoms with E-state index in [4.69, 9.17) is 10.5 Å².